The summed E-state index contributed by atoms with van der Waals surface area (Å²) in [7, 11) is -3.95. The van der Waals surface area contributed by atoms with Gasteiger partial charge in [-0.3, -0.25) is 0 Å². The molecule has 1 fully saturated rings. The van der Waals surface area contributed by atoms with Crippen molar-refractivity contribution in [1.29, 1.82) is 0 Å². The van der Waals surface area contributed by atoms with Crippen molar-refractivity contribution in [3.05, 3.63) is 29.0 Å². The summed E-state index contributed by atoms with van der Waals surface area (Å²) in [6.07, 6.45) is 0.575. The molecule has 0 amide bonds. The normalized spacial score (nSPS) is 22.2. The number of sulfonamides is 1. The van der Waals surface area contributed by atoms with Gasteiger partial charge in [0.1, 0.15) is 10.7 Å². The van der Waals surface area contributed by atoms with Gasteiger partial charge in [-0.1, -0.05) is 17.7 Å². The molecule has 1 aromatic carbocycles. The lowest BCUT2D eigenvalue weighted by atomic mass is 10.2. The number of hydrogen-bond acceptors (Lipinski definition) is 3. The second-order valence-electron chi connectivity index (χ2n) is 4.42. The Bertz CT molecular complexity index is 544. The van der Waals surface area contributed by atoms with Gasteiger partial charge in [0.2, 0.25) is 10.0 Å². The van der Waals surface area contributed by atoms with E-state index in [9.17, 15) is 12.8 Å². The quantitative estimate of drug-likeness (QED) is 0.842. The van der Waals surface area contributed by atoms with Gasteiger partial charge < -0.3 is 4.74 Å². The smallest absolute Gasteiger partial charge is 0.247 e. The molecular formula is C12H15ClFNO3S. The molecule has 1 aliphatic heterocycles. The van der Waals surface area contributed by atoms with E-state index < -0.39 is 20.7 Å². The van der Waals surface area contributed by atoms with Crippen LogP contribution in [0.1, 0.15) is 13.3 Å². The number of hydrogen-bond donors (Lipinski definition) is 0. The molecule has 1 aromatic rings. The highest BCUT2D eigenvalue weighted by Gasteiger charge is 2.33. The molecule has 19 heavy (non-hydrogen) atoms. The van der Waals surface area contributed by atoms with Crippen molar-refractivity contribution < 1.29 is 17.5 Å². The second kappa shape index (κ2) is 5.75. The van der Waals surface area contributed by atoms with Gasteiger partial charge in [-0.05, 0) is 25.5 Å². The average Bonchev–Trinajstić information content (AvgIpc) is 2.53. The molecule has 0 spiro atoms. The standard InChI is InChI=1S/C12H15ClFNO3S/c1-9-5-7-18-8-6-15(9)19(16,17)12-10(13)3-2-4-11(12)14/h2-4,9H,5-8H2,1H3. The van der Waals surface area contributed by atoms with Crippen LogP contribution in [0, 0.1) is 5.82 Å². The topological polar surface area (TPSA) is 46.6 Å². The number of ether oxygens (including phenoxy) is 1. The Balaban J connectivity index is 2.46. The van der Waals surface area contributed by atoms with Crippen LogP contribution in [0.4, 0.5) is 4.39 Å². The van der Waals surface area contributed by atoms with Crippen molar-refractivity contribution in [3.8, 4) is 0 Å². The van der Waals surface area contributed by atoms with Gasteiger partial charge in [0.15, 0.2) is 0 Å². The van der Waals surface area contributed by atoms with Crippen LogP contribution >= 0.6 is 11.6 Å². The Morgan fingerprint density at radius 1 is 1.42 bits per heavy atom. The van der Waals surface area contributed by atoms with Crippen LogP contribution in [-0.2, 0) is 14.8 Å². The zero-order valence-corrected chi connectivity index (χ0v) is 12.0. The maximum atomic E-state index is 13.8. The van der Waals surface area contributed by atoms with Gasteiger partial charge in [0.05, 0.1) is 11.6 Å². The molecule has 0 aromatic heterocycles. The predicted molar refractivity (Wildman–Crippen MR) is 70.2 cm³/mol. The summed E-state index contributed by atoms with van der Waals surface area (Å²) in [6.45, 7) is 2.78. The van der Waals surface area contributed by atoms with Crippen molar-refractivity contribution in [2.45, 2.75) is 24.3 Å². The van der Waals surface area contributed by atoms with E-state index in [1.165, 1.54) is 16.4 Å². The van der Waals surface area contributed by atoms with Crippen LogP contribution in [0.5, 0.6) is 0 Å². The summed E-state index contributed by atoms with van der Waals surface area (Å²) in [5.74, 6) is -0.829. The van der Waals surface area contributed by atoms with E-state index in [-0.39, 0.29) is 17.6 Å². The Labute approximate surface area is 117 Å². The number of rotatable bonds is 2. The van der Waals surface area contributed by atoms with E-state index in [4.69, 9.17) is 16.3 Å². The average molecular weight is 308 g/mol. The van der Waals surface area contributed by atoms with Gasteiger partial charge in [-0.15, -0.1) is 0 Å². The molecular weight excluding hydrogens is 293 g/mol. The first-order valence-electron chi connectivity index (χ1n) is 5.98. The molecule has 1 saturated heterocycles. The van der Waals surface area contributed by atoms with Gasteiger partial charge in [0.25, 0.3) is 0 Å². The zero-order chi connectivity index (χ0) is 14.0. The molecule has 1 atom stereocenters. The van der Waals surface area contributed by atoms with Crippen molar-refractivity contribution in [2.24, 2.45) is 0 Å². The highest BCUT2D eigenvalue weighted by Crippen LogP contribution is 2.29. The Hall–Kier alpha value is -0.690. The van der Waals surface area contributed by atoms with E-state index in [0.717, 1.165) is 6.07 Å². The summed E-state index contributed by atoms with van der Waals surface area (Å²) in [6, 6.07) is 3.60. The summed E-state index contributed by atoms with van der Waals surface area (Å²) in [5, 5.41) is -0.0997. The Morgan fingerprint density at radius 3 is 2.84 bits per heavy atom. The summed E-state index contributed by atoms with van der Waals surface area (Å²) in [4.78, 5) is -0.453. The van der Waals surface area contributed by atoms with E-state index in [0.29, 0.717) is 19.6 Å². The fraction of sp³-hybridized carbons (Fsp3) is 0.500. The maximum Gasteiger partial charge on any atom is 0.247 e. The highest BCUT2D eigenvalue weighted by atomic mass is 35.5. The molecule has 1 unspecified atom stereocenters. The van der Waals surface area contributed by atoms with Crippen molar-refractivity contribution in [1.82, 2.24) is 4.31 Å². The van der Waals surface area contributed by atoms with Crippen molar-refractivity contribution in [3.63, 3.8) is 0 Å². The van der Waals surface area contributed by atoms with Crippen molar-refractivity contribution in [2.75, 3.05) is 19.8 Å². The Kier molecular flexibility index (Phi) is 4.45. The molecule has 1 heterocycles. The first-order valence-corrected chi connectivity index (χ1v) is 7.80. The van der Waals surface area contributed by atoms with Crippen molar-refractivity contribution >= 4 is 21.6 Å². The molecule has 0 bridgehead atoms. The largest absolute Gasteiger partial charge is 0.380 e. The molecule has 2 rings (SSSR count). The SMILES string of the molecule is CC1CCOCCN1S(=O)(=O)c1c(F)cccc1Cl. The zero-order valence-electron chi connectivity index (χ0n) is 10.5. The fourth-order valence-electron chi connectivity index (χ4n) is 2.08. The van der Waals surface area contributed by atoms with Gasteiger partial charge in [-0.2, -0.15) is 4.31 Å². The predicted octanol–water partition coefficient (Wildman–Crippen LogP) is 2.28. The first kappa shape index (κ1) is 14.7. The minimum Gasteiger partial charge on any atom is -0.380 e. The third-order valence-electron chi connectivity index (χ3n) is 3.11. The van der Waals surface area contributed by atoms with E-state index in [1.807, 2.05) is 0 Å². The molecule has 0 radical (unpaired) electrons. The molecule has 0 aliphatic carbocycles. The molecule has 4 nitrogen and oxygen atoms in total. The minimum absolute atomic E-state index is 0.0997. The molecule has 0 saturated carbocycles. The molecule has 1 aliphatic rings. The van der Waals surface area contributed by atoms with Crippen LogP contribution in [-0.4, -0.2) is 38.5 Å². The van der Waals surface area contributed by atoms with Crippen LogP contribution in [0.15, 0.2) is 23.1 Å². The lowest BCUT2D eigenvalue weighted by Gasteiger charge is -2.26. The summed E-state index contributed by atoms with van der Waals surface area (Å²) < 4.78 is 45.4. The fourth-order valence-corrected chi connectivity index (χ4v) is 4.29. The summed E-state index contributed by atoms with van der Waals surface area (Å²) in [5.41, 5.74) is 0. The second-order valence-corrected chi connectivity index (χ2v) is 6.65. The molecule has 0 N–H and O–H groups in total. The molecule has 106 valence electrons. The Morgan fingerprint density at radius 2 is 2.16 bits per heavy atom. The van der Waals surface area contributed by atoms with Gasteiger partial charge in [-0.25, -0.2) is 12.8 Å². The van der Waals surface area contributed by atoms with E-state index in [2.05, 4.69) is 0 Å². The number of nitrogens with zero attached hydrogens (tertiary/aromatic N) is 1. The number of benzene rings is 1. The lowest BCUT2D eigenvalue weighted by molar-refractivity contribution is 0.148. The number of halogens is 2. The third kappa shape index (κ3) is 2.91. The highest BCUT2D eigenvalue weighted by molar-refractivity contribution is 7.89. The maximum absolute atomic E-state index is 13.8. The summed E-state index contributed by atoms with van der Waals surface area (Å²) >= 11 is 5.84. The molecule has 7 heteroatoms. The lowest BCUT2D eigenvalue weighted by Crippen LogP contribution is -2.39. The van der Waals surface area contributed by atoms with E-state index in [1.54, 1.807) is 6.92 Å². The van der Waals surface area contributed by atoms with Crippen LogP contribution in [0.25, 0.3) is 0 Å². The van der Waals surface area contributed by atoms with E-state index >= 15 is 0 Å². The van der Waals surface area contributed by atoms with Crippen LogP contribution in [0.3, 0.4) is 0 Å². The van der Waals surface area contributed by atoms with Crippen LogP contribution in [0.2, 0.25) is 5.02 Å². The monoisotopic (exact) mass is 307 g/mol. The van der Waals surface area contributed by atoms with Gasteiger partial charge >= 0.3 is 0 Å². The first-order chi connectivity index (χ1) is 8.94. The van der Waals surface area contributed by atoms with Crippen LogP contribution < -0.4 is 0 Å². The van der Waals surface area contributed by atoms with Gasteiger partial charge in [0, 0.05) is 19.2 Å². The minimum atomic E-state index is -3.95. The third-order valence-corrected chi connectivity index (χ3v) is 5.63.